The number of hydrogen-bond donors (Lipinski definition) is 1. The van der Waals surface area contributed by atoms with Crippen molar-refractivity contribution in [3.8, 4) is 0 Å². The van der Waals surface area contributed by atoms with Crippen molar-refractivity contribution in [1.29, 1.82) is 0 Å². The van der Waals surface area contributed by atoms with Gasteiger partial charge in [-0.2, -0.15) is 0 Å². The van der Waals surface area contributed by atoms with Crippen LogP contribution in [0.5, 0.6) is 0 Å². The lowest BCUT2D eigenvalue weighted by atomic mass is 9.98. The molecule has 0 amide bonds. The van der Waals surface area contributed by atoms with Crippen molar-refractivity contribution in [3.63, 3.8) is 0 Å². The first-order chi connectivity index (χ1) is 5.66. The van der Waals surface area contributed by atoms with E-state index in [1.54, 1.807) is 0 Å². The van der Waals surface area contributed by atoms with Gasteiger partial charge in [0, 0.05) is 6.04 Å². The normalized spacial score (nSPS) is 30.8. The Morgan fingerprint density at radius 2 is 2.00 bits per heavy atom. The summed E-state index contributed by atoms with van der Waals surface area (Å²) in [7, 11) is 0. The predicted molar refractivity (Wildman–Crippen MR) is 54.2 cm³/mol. The summed E-state index contributed by atoms with van der Waals surface area (Å²) in [5.41, 5.74) is 0. The SMILES string of the molecule is CCCNC(C(C)C)C1CC1C. The lowest BCUT2D eigenvalue weighted by Gasteiger charge is -2.22. The highest BCUT2D eigenvalue weighted by atomic mass is 14.9. The summed E-state index contributed by atoms with van der Waals surface area (Å²) >= 11 is 0. The van der Waals surface area contributed by atoms with Crippen molar-refractivity contribution in [2.75, 3.05) is 6.54 Å². The highest BCUT2D eigenvalue weighted by Gasteiger charge is 2.40. The molecular weight excluding hydrogens is 146 g/mol. The molecule has 3 atom stereocenters. The average Bonchev–Trinajstić information content (AvgIpc) is 2.67. The van der Waals surface area contributed by atoms with Crippen molar-refractivity contribution in [3.05, 3.63) is 0 Å². The largest absolute Gasteiger partial charge is 0.313 e. The van der Waals surface area contributed by atoms with Crippen LogP contribution in [0.15, 0.2) is 0 Å². The highest BCUT2D eigenvalue weighted by Crippen LogP contribution is 2.42. The van der Waals surface area contributed by atoms with Crippen LogP contribution in [0.2, 0.25) is 0 Å². The minimum atomic E-state index is 0.778. The van der Waals surface area contributed by atoms with Crippen LogP contribution < -0.4 is 5.32 Å². The molecule has 1 aliphatic rings. The Morgan fingerprint density at radius 1 is 1.42 bits per heavy atom. The molecule has 0 aromatic heterocycles. The van der Waals surface area contributed by atoms with E-state index in [0.29, 0.717) is 0 Å². The van der Waals surface area contributed by atoms with E-state index in [0.717, 1.165) is 23.8 Å². The molecule has 1 aliphatic carbocycles. The Hall–Kier alpha value is -0.0400. The van der Waals surface area contributed by atoms with E-state index >= 15 is 0 Å². The Kier molecular flexibility index (Phi) is 3.57. The Bertz CT molecular complexity index is 131. The van der Waals surface area contributed by atoms with Crippen LogP contribution in [0, 0.1) is 17.8 Å². The second kappa shape index (κ2) is 4.27. The number of nitrogens with one attached hydrogen (secondary N) is 1. The summed E-state index contributed by atoms with van der Waals surface area (Å²) < 4.78 is 0. The lowest BCUT2D eigenvalue weighted by molar-refractivity contribution is 0.351. The molecule has 1 heteroatoms. The molecule has 0 aliphatic heterocycles. The maximum Gasteiger partial charge on any atom is 0.0121 e. The van der Waals surface area contributed by atoms with Gasteiger partial charge in [0.05, 0.1) is 0 Å². The van der Waals surface area contributed by atoms with E-state index in [9.17, 15) is 0 Å². The quantitative estimate of drug-likeness (QED) is 0.667. The molecule has 0 radical (unpaired) electrons. The van der Waals surface area contributed by atoms with Gasteiger partial charge in [-0.05, 0) is 37.1 Å². The van der Waals surface area contributed by atoms with E-state index < -0.39 is 0 Å². The van der Waals surface area contributed by atoms with Gasteiger partial charge in [-0.1, -0.05) is 27.7 Å². The summed E-state index contributed by atoms with van der Waals surface area (Å²) in [5, 5.41) is 3.66. The molecule has 1 N–H and O–H groups in total. The molecule has 0 heterocycles. The average molecular weight is 169 g/mol. The zero-order chi connectivity index (χ0) is 9.14. The van der Waals surface area contributed by atoms with Crippen molar-refractivity contribution in [2.24, 2.45) is 17.8 Å². The smallest absolute Gasteiger partial charge is 0.0121 e. The van der Waals surface area contributed by atoms with E-state index in [2.05, 4.69) is 33.0 Å². The van der Waals surface area contributed by atoms with Gasteiger partial charge in [0.2, 0.25) is 0 Å². The fourth-order valence-electron chi connectivity index (χ4n) is 2.04. The third kappa shape index (κ3) is 2.48. The molecule has 0 aromatic rings. The number of hydrogen-bond acceptors (Lipinski definition) is 1. The molecule has 0 bridgehead atoms. The van der Waals surface area contributed by atoms with Crippen molar-refractivity contribution in [1.82, 2.24) is 5.32 Å². The fraction of sp³-hybridized carbons (Fsp3) is 1.00. The van der Waals surface area contributed by atoms with Gasteiger partial charge in [-0.3, -0.25) is 0 Å². The summed E-state index contributed by atoms with van der Waals surface area (Å²) in [5.74, 6) is 2.74. The van der Waals surface area contributed by atoms with Crippen LogP contribution in [-0.4, -0.2) is 12.6 Å². The molecule has 12 heavy (non-hydrogen) atoms. The van der Waals surface area contributed by atoms with Crippen molar-refractivity contribution in [2.45, 2.75) is 46.6 Å². The van der Waals surface area contributed by atoms with Crippen LogP contribution in [0.3, 0.4) is 0 Å². The first-order valence-corrected chi connectivity index (χ1v) is 5.40. The summed E-state index contributed by atoms with van der Waals surface area (Å²) in [6.07, 6.45) is 2.70. The third-order valence-corrected chi connectivity index (χ3v) is 2.98. The molecule has 0 saturated heterocycles. The van der Waals surface area contributed by atoms with Crippen molar-refractivity contribution < 1.29 is 0 Å². The molecule has 0 aromatic carbocycles. The van der Waals surface area contributed by atoms with Gasteiger partial charge >= 0.3 is 0 Å². The third-order valence-electron chi connectivity index (χ3n) is 2.98. The Balaban J connectivity index is 2.29. The topological polar surface area (TPSA) is 12.0 Å². The van der Waals surface area contributed by atoms with E-state index in [1.165, 1.54) is 19.4 Å². The highest BCUT2D eigenvalue weighted by molar-refractivity contribution is 4.93. The van der Waals surface area contributed by atoms with Crippen LogP contribution in [0.25, 0.3) is 0 Å². The summed E-state index contributed by atoms with van der Waals surface area (Å²) in [6.45, 7) is 10.5. The first kappa shape index (κ1) is 10.0. The zero-order valence-electron chi connectivity index (χ0n) is 8.93. The molecule has 1 nitrogen and oxygen atoms in total. The fourth-order valence-corrected chi connectivity index (χ4v) is 2.04. The van der Waals surface area contributed by atoms with E-state index in [-0.39, 0.29) is 0 Å². The van der Waals surface area contributed by atoms with E-state index in [1.807, 2.05) is 0 Å². The van der Waals surface area contributed by atoms with Gasteiger partial charge < -0.3 is 5.32 Å². The second-order valence-electron chi connectivity index (χ2n) is 4.60. The standard InChI is InChI=1S/C11H23N/c1-5-6-12-11(8(2)3)10-7-9(10)4/h8-12H,5-7H2,1-4H3. The molecule has 0 spiro atoms. The maximum atomic E-state index is 3.66. The Labute approximate surface area is 76.9 Å². The van der Waals surface area contributed by atoms with Crippen LogP contribution >= 0.6 is 0 Å². The molecule has 1 rings (SSSR count). The van der Waals surface area contributed by atoms with E-state index in [4.69, 9.17) is 0 Å². The summed E-state index contributed by atoms with van der Waals surface area (Å²) in [6, 6.07) is 0.778. The van der Waals surface area contributed by atoms with Crippen LogP contribution in [0.1, 0.15) is 40.5 Å². The maximum absolute atomic E-state index is 3.66. The lowest BCUT2D eigenvalue weighted by Crippen LogP contribution is -2.36. The molecule has 3 unspecified atom stereocenters. The first-order valence-electron chi connectivity index (χ1n) is 5.40. The molecule has 1 saturated carbocycles. The van der Waals surface area contributed by atoms with Gasteiger partial charge in [0.1, 0.15) is 0 Å². The van der Waals surface area contributed by atoms with Gasteiger partial charge in [0.25, 0.3) is 0 Å². The minimum Gasteiger partial charge on any atom is -0.313 e. The predicted octanol–water partition coefficient (Wildman–Crippen LogP) is 2.67. The molecular formula is C11H23N. The van der Waals surface area contributed by atoms with Crippen LogP contribution in [0.4, 0.5) is 0 Å². The second-order valence-corrected chi connectivity index (χ2v) is 4.60. The minimum absolute atomic E-state index is 0.778. The number of rotatable bonds is 5. The molecule has 1 fully saturated rings. The van der Waals surface area contributed by atoms with Crippen LogP contribution in [-0.2, 0) is 0 Å². The Morgan fingerprint density at radius 3 is 2.33 bits per heavy atom. The molecule has 72 valence electrons. The monoisotopic (exact) mass is 169 g/mol. The van der Waals surface area contributed by atoms with Gasteiger partial charge in [-0.25, -0.2) is 0 Å². The van der Waals surface area contributed by atoms with Crippen molar-refractivity contribution >= 4 is 0 Å². The zero-order valence-corrected chi connectivity index (χ0v) is 8.93. The van der Waals surface area contributed by atoms with Gasteiger partial charge in [0.15, 0.2) is 0 Å². The summed E-state index contributed by atoms with van der Waals surface area (Å²) in [4.78, 5) is 0. The van der Waals surface area contributed by atoms with Gasteiger partial charge in [-0.15, -0.1) is 0 Å².